The molecule has 1 aliphatic heterocycles. The highest BCUT2D eigenvalue weighted by atomic mass is 16.2. The topological polar surface area (TPSA) is 100 Å². The van der Waals surface area contributed by atoms with Crippen LogP contribution in [-0.4, -0.2) is 68.2 Å². The maximum Gasteiger partial charge on any atom is 0.312 e. The van der Waals surface area contributed by atoms with Gasteiger partial charge < -0.3 is 15.1 Å². The molecule has 2 aromatic rings. The Hall–Kier alpha value is -3.23. The molecule has 25 heavy (non-hydrogen) atoms. The van der Waals surface area contributed by atoms with Gasteiger partial charge in [0.1, 0.15) is 18.7 Å². The first-order valence-corrected chi connectivity index (χ1v) is 7.91. The van der Waals surface area contributed by atoms with Crippen LogP contribution in [0, 0.1) is 0 Å². The van der Waals surface area contributed by atoms with Gasteiger partial charge in [-0.15, -0.1) is 0 Å². The van der Waals surface area contributed by atoms with E-state index in [1.165, 1.54) is 16.0 Å². The molecule has 9 nitrogen and oxygen atoms in total. The van der Waals surface area contributed by atoms with E-state index < -0.39 is 11.8 Å². The Morgan fingerprint density at radius 1 is 1.20 bits per heavy atom. The Morgan fingerprint density at radius 2 is 1.96 bits per heavy atom. The third-order valence-electron chi connectivity index (χ3n) is 3.91. The fourth-order valence-corrected chi connectivity index (χ4v) is 2.55. The maximum atomic E-state index is 12.1. The monoisotopic (exact) mass is 342 g/mol. The third kappa shape index (κ3) is 3.65. The normalized spacial score (nSPS) is 14.8. The van der Waals surface area contributed by atoms with Crippen molar-refractivity contribution in [2.45, 2.75) is 6.92 Å². The van der Waals surface area contributed by atoms with E-state index in [-0.39, 0.29) is 12.5 Å². The number of anilines is 1. The molecule has 3 heterocycles. The second-order valence-electron chi connectivity index (χ2n) is 5.53. The molecule has 0 radical (unpaired) electrons. The average Bonchev–Trinajstić information content (AvgIpc) is 3.14. The second-order valence-corrected chi connectivity index (χ2v) is 5.53. The molecule has 1 N–H and O–H groups in total. The van der Waals surface area contributed by atoms with Gasteiger partial charge in [-0.25, -0.2) is 9.97 Å². The van der Waals surface area contributed by atoms with E-state index in [1.54, 1.807) is 35.4 Å². The van der Waals surface area contributed by atoms with Crippen molar-refractivity contribution in [3.05, 3.63) is 37.1 Å². The summed E-state index contributed by atoms with van der Waals surface area (Å²) in [6.45, 7) is 2.93. The summed E-state index contributed by atoms with van der Waals surface area (Å²) in [6, 6.07) is 3.45. The van der Waals surface area contributed by atoms with Crippen LogP contribution >= 0.6 is 0 Å². The highest BCUT2D eigenvalue weighted by molar-refractivity contribution is 6.35. The van der Waals surface area contributed by atoms with Gasteiger partial charge >= 0.3 is 11.8 Å². The van der Waals surface area contributed by atoms with Crippen LogP contribution < -0.4 is 5.32 Å². The summed E-state index contributed by atoms with van der Waals surface area (Å²) in [6.07, 6.45) is 6.56. The van der Waals surface area contributed by atoms with Gasteiger partial charge in [-0.3, -0.25) is 19.0 Å². The quantitative estimate of drug-likeness (QED) is 0.765. The van der Waals surface area contributed by atoms with E-state index in [9.17, 15) is 14.4 Å². The number of likely N-dealkylation sites (N-methyl/N-ethyl adjacent to an activating group) is 1. The lowest BCUT2D eigenvalue weighted by Gasteiger charge is -2.32. The van der Waals surface area contributed by atoms with Gasteiger partial charge in [0.25, 0.3) is 0 Å². The van der Waals surface area contributed by atoms with Gasteiger partial charge in [0.05, 0.1) is 11.9 Å². The number of nitrogens with zero attached hydrogens (tertiary/aromatic N) is 5. The molecule has 0 atom stereocenters. The van der Waals surface area contributed by atoms with Crippen LogP contribution in [0.15, 0.2) is 37.1 Å². The van der Waals surface area contributed by atoms with Crippen molar-refractivity contribution >= 4 is 23.4 Å². The van der Waals surface area contributed by atoms with Crippen LogP contribution in [0.4, 0.5) is 5.69 Å². The Balaban J connectivity index is 1.57. The summed E-state index contributed by atoms with van der Waals surface area (Å²) in [4.78, 5) is 46.9. The minimum Gasteiger partial charge on any atom is -0.333 e. The molecular weight excluding hydrogens is 324 g/mol. The molecule has 0 bridgehead atoms. The van der Waals surface area contributed by atoms with E-state index in [1.807, 2.05) is 6.92 Å². The van der Waals surface area contributed by atoms with E-state index >= 15 is 0 Å². The molecule has 0 saturated carbocycles. The number of piperazine rings is 1. The Labute approximate surface area is 144 Å². The molecule has 130 valence electrons. The van der Waals surface area contributed by atoms with Crippen LogP contribution in [0.2, 0.25) is 0 Å². The number of amides is 3. The highest BCUT2D eigenvalue weighted by Crippen LogP contribution is 2.10. The smallest absolute Gasteiger partial charge is 0.312 e. The number of carbonyl (C=O) groups excluding carboxylic acids is 3. The van der Waals surface area contributed by atoms with E-state index in [4.69, 9.17) is 0 Å². The minimum atomic E-state index is -0.642. The SMILES string of the molecule is CCN1CCN(CC(=O)Nc2ccc(-n3ccnc3)nc2)C(=O)C1=O. The molecule has 9 heteroatoms. The lowest BCUT2D eigenvalue weighted by Crippen LogP contribution is -2.55. The van der Waals surface area contributed by atoms with Gasteiger partial charge in [-0.2, -0.15) is 0 Å². The molecule has 1 saturated heterocycles. The van der Waals surface area contributed by atoms with Gasteiger partial charge in [-0.1, -0.05) is 0 Å². The second kappa shape index (κ2) is 7.12. The first-order chi connectivity index (χ1) is 12.1. The van der Waals surface area contributed by atoms with Gasteiger partial charge in [-0.05, 0) is 19.1 Å². The van der Waals surface area contributed by atoms with E-state index in [2.05, 4.69) is 15.3 Å². The molecule has 0 aliphatic carbocycles. The summed E-state index contributed by atoms with van der Waals surface area (Å²) < 4.78 is 1.74. The summed E-state index contributed by atoms with van der Waals surface area (Å²) in [5.74, 6) is -0.903. The van der Waals surface area contributed by atoms with Gasteiger partial charge in [0.15, 0.2) is 0 Å². The number of carbonyl (C=O) groups is 3. The van der Waals surface area contributed by atoms with Crippen LogP contribution in [0.5, 0.6) is 0 Å². The number of hydrogen-bond acceptors (Lipinski definition) is 5. The zero-order valence-electron chi connectivity index (χ0n) is 13.8. The Kier molecular flexibility index (Phi) is 4.73. The highest BCUT2D eigenvalue weighted by Gasteiger charge is 2.32. The standard InChI is InChI=1S/C16H18N6O3/c1-2-20-7-8-21(16(25)15(20)24)10-14(23)19-12-3-4-13(18-9-12)22-6-5-17-11-22/h3-6,9,11H,2,7-8,10H2,1H3,(H,19,23). The lowest BCUT2D eigenvalue weighted by atomic mass is 10.3. The number of hydrogen-bond donors (Lipinski definition) is 1. The van der Waals surface area contributed by atoms with Crippen molar-refractivity contribution in [1.29, 1.82) is 0 Å². The van der Waals surface area contributed by atoms with Crippen molar-refractivity contribution in [2.75, 3.05) is 31.5 Å². The van der Waals surface area contributed by atoms with Crippen molar-refractivity contribution < 1.29 is 14.4 Å². The molecule has 0 spiro atoms. The number of imidazole rings is 1. The summed E-state index contributed by atoms with van der Waals surface area (Å²) >= 11 is 0. The van der Waals surface area contributed by atoms with Crippen molar-refractivity contribution in [2.24, 2.45) is 0 Å². The number of nitrogens with one attached hydrogen (secondary N) is 1. The fourth-order valence-electron chi connectivity index (χ4n) is 2.55. The molecule has 3 amide bonds. The first kappa shape index (κ1) is 16.6. The Bertz CT molecular complexity index is 772. The van der Waals surface area contributed by atoms with Crippen LogP contribution in [0.1, 0.15) is 6.92 Å². The maximum absolute atomic E-state index is 12.1. The van der Waals surface area contributed by atoms with E-state index in [0.717, 1.165) is 0 Å². The number of rotatable bonds is 5. The average molecular weight is 342 g/mol. The number of aromatic nitrogens is 3. The predicted molar refractivity (Wildman–Crippen MR) is 88.8 cm³/mol. The molecular formula is C16H18N6O3. The van der Waals surface area contributed by atoms with Crippen LogP contribution in [0.3, 0.4) is 0 Å². The van der Waals surface area contributed by atoms with Gasteiger partial charge in [0.2, 0.25) is 5.91 Å². The summed E-state index contributed by atoms with van der Waals surface area (Å²) in [7, 11) is 0. The Morgan fingerprint density at radius 3 is 2.60 bits per heavy atom. The largest absolute Gasteiger partial charge is 0.333 e. The molecule has 0 aromatic carbocycles. The predicted octanol–water partition coefficient (Wildman–Crippen LogP) is -0.104. The zero-order valence-corrected chi connectivity index (χ0v) is 13.8. The van der Waals surface area contributed by atoms with Crippen molar-refractivity contribution in [3.8, 4) is 5.82 Å². The fraction of sp³-hybridized carbons (Fsp3) is 0.312. The van der Waals surface area contributed by atoms with Gasteiger partial charge in [0, 0.05) is 32.0 Å². The summed E-state index contributed by atoms with van der Waals surface area (Å²) in [5, 5.41) is 2.68. The lowest BCUT2D eigenvalue weighted by molar-refractivity contribution is -0.156. The van der Waals surface area contributed by atoms with Crippen molar-refractivity contribution in [1.82, 2.24) is 24.3 Å². The number of pyridine rings is 1. The minimum absolute atomic E-state index is 0.161. The van der Waals surface area contributed by atoms with Crippen LogP contribution in [0.25, 0.3) is 5.82 Å². The molecule has 2 aromatic heterocycles. The summed E-state index contributed by atoms with van der Waals surface area (Å²) in [5.41, 5.74) is 0.514. The molecule has 1 aliphatic rings. The van der Waals surface area contributed by atoms with Crippen LogP contribution in [-0.2, 0) is 14.4 Å². The first-order valence-electron chi connectivity index (χ1n) is 7.91. The third-order valence-corrected chi connectivity index (χ3v) is 3.91. The zero-order chi connectivity index (χ0) is 17.8. The molecule has 3 rings (SSSR count). The molecule has 0 unspecified atom stereocenters. The van der Waals surface area contributed by atoms with E-state index in [0.29, 0.717) is 31.1 Å². The molecule has 1 fully saturated rings. The van der Waals surface area contributed by atoms with Crippen molar-refractivity contribution in [3.63, 3.8) is 0 Å².